The predicted octanol–water partition coefficient (Wildman–Crippen LogP) is 3.82. The van der Waals surface area contributed by atoms with E-state index < -0.39 is 0 Å². The van der Waals surface area contributed by atoms with Gasteiger partial charge >= 0.3 is 0 Å². The van der Waals surface area contributed by atoms with Gasteiger partial charge in [0, 0.05) is 30.9 Å². The fraction of sp³-hybridized carbons (Fsp3) is 0.429. The summed E-state index contributed by atoms with van der Waals surface area (Å²) < 4.78 is 7.20. The highest BCUT2D eigenvalue weighted by Crippen LogP contribution is 2.24. The molecule has 6 heteroatoms. The third kappa shape index (κ3) is 4.33. The molecule has 0 unspecified atom stereocenters. The highest BCUT2D eigenvalue weighted by Gasteiger charge is 2.23. The number of nitrogens with zero attached hydrogens (tertiary/aromatic N) is 3. The first kappa shape index (κ1) is 18.0. The average molecular weight is 384 g/mol. The molecule has 1 fully saturated rings. The summed E-state index contributed by atoms with van der Waals surface area (Å²) in [5, 5.41) is 2.00. The van der Waals surface area contributed by atoms with Gasteiger partial charge in [-0.05, 0) is 49.3 Å². The van der Waals surface area contributed by atoms with Gasteiger partial charge in [-0.1, -0.05) is 12.1 Å². The zero-order valence-electron chi connectivity index (χ0n) is 15.6. The van der Waals surface area contributed by atoms with Gasteiger partial charge in [0.05, 0.1) is 19.2 Å². The second kappa shape index (κ2) is 8.13. The second-order valence-electron chi connectivity index (χ2n) is 7.21. The third-order valence-electron chi connectivity index (χ3n) is 5.44. The van der Waals surface area contributed by atoms with E-state index in [9.17, 15) is 4.79 Å². The van der Waals surface area contributed by atoms with Gasteiger partial charge in [0.2, 0.25) is 5.91 Å². The number of ether oxygens (including phenoxy) is 1. The Morgan fingerprint density at radius 3 is 2.74 bits per heavy atom. The monoisotopic (exact) mass is 383 g/mol. The van der Waals surface area contributed by atoms with Crippen LogP contribution >= 0.6 is 11.3 Å². The van der Waals surface area contributed by atoms with E-state index in [1.54, 1.807) is 18.4 Å². The summed E-state index contributed by atoms with van der Waals surface area (Å²) in [7, 11) is 1.69. The maximum Gasteiger partial charge on any atom is 0.228 e. The van der Waals surface area contributed by atoms with Crippen LogP contribution in [0.5, 0.6) is 5.75 Å². The van der Waals surface area contributed by atoms with Crippen LogP contribution in [-0.4, -0.2) is 40.4 Å². The average Bonchev–Trinajstić information content (AvgIpc) is 3.29. The number of benzene rings is 1. The van der Waals surface area contributed by atoms with Crippen molar-refractivity contribution in [1.82, 2.24) is 14.3 Å². The standard InChI is InChI=1S/C21H25N3O2S/c1-26-19-6-4-16(5-7-19)2-3-17-8-10-23(11-9-17)20(25)14-18-15-24-12-13-27-21(24)22-18/h4-7,12-13,15,17H,2-3,8-11,14H2,1H3. The summed E-state index contributed by atoms with van der Waals surface area (Å²) in [6.07, 6.45) is 8.82. The van der Waals surface area contributed by atoms with Crippen LogP contribution in [-0.2, 0) is 17.6 Å². The number of hydrogen-bond donors (Lipinski definition) is 0. The number of aromatic nitrogens is 2. The first-order chi connectivity index (χ1) is 13.2. The number of fused-ring (bicyclic) bond motifs is 1. The molecule has 1 amide bonds. The molecule has 2 aromatic heterocycles. The summed E-state index contributed by atoms with van der Waals surface area (Å²) in [5.41, 5.74) is 2.22. The molecule has 0 radical (unpaired) electrons. The predicted molar refractivity (Wildman–Crippen MR) is 107 cm³/mol. The van der Waals surface area contributed by atoms with Crippen LogP contribution in [0.4, 0.5) is 0 Å². The molecule has 4 rings (SSSR count). The van der Waals surface area contributed by atoms with E-state index >= 15 is 0 Å². The highest BCUT2D eigenvalue weighted by atomic mass is 32.1. The Labute approximate surface area is 163 Å². The van der Waals surface area contributed by atoms with Crippen molar-refractivity contribution in [2.24, 2.45) is 5.92 Å². The fourth-order valence-corrected chi connectivity index (χ4v) is 4.48. The van der Waals surface area contributed by atoms with E-state index in [1.807, 2.05) is 39.2 Å². The number of imidazole rings is 1. The van der Waals surface area contributed by atoms with Crippen LogP contribution in [0.1, 0.15) is 30.5 Å². The van der Waals surface area contributed by atoms with Crippen molar-refractivity contribution in [3.63, 3.8) is 0 Å². The maximum atomic E-state index is 12.6. The molecule has 0 N–H and O–H groups in total. The molecule has 1 aromatic carbocycles. The van der Waals surface area contributed by atoms with Crippen molar-refractivity contribution in [3.05, 3.63) is 53.3 Å². The van der Waals surface area contributed by atoms with Crippen LogP contribution in [0.2, 0.25) is 0 Å². The van der Waals surface area contributed by atoms with Gasteiger partial charge in [-0.25, -0.2) is 4.98 Å². The molecule has 0 spiro atoms. The number of aryl methyl sites for hydroxylation is 1. The number of rotatable bonds is 6. The molecule has 0 bridgehead atoms. The van der Waals surface area contributed by atoms with Crippen molar-refractivity contribution >= 4 is 22.2 Å². The first-order valence-corrected chi connectivity index (χ1v) is 10.4. The number of methoxy groups -OCH3 is 1. The number of amides is 1. The van der Waals surface area contributed by atoms with Gasteiger partial charge in [-0.15, -0.1) is 11.3 Å². The number of thiazole rings is 1. The zero-order chi connectivity index (χ0) is 18.6. The van der Waals surface area contributed by atoms with Gasteiger partial charge in [0.1, 0.15) is 5.75 Å². The Bertz CT molecular complexity index is 863. The maximum absolute atomic E-state index is 12.6. The largest absolute Gasteiger partial charge is 0.497 e. The molecule has 27 heavy (non-hydrogen) atoms. The lowest BCUT2D eigenvalue weighted by Gasteiger charge is -2.32. The van der Waals surface area contributed by atoms with E-state index in [-0.39, 0.29) is 5.91 Å². The number of hydrogen-bond acceptors (Lipinski definition) is 4. The summed E-state index contributed by atoms with van der Waals surface area (Å²) in [6, 6.07) is 8.34. The van der Waals surface area contributed by atoms with E-state index in [0.717, 1.165) is 48.8 Å². The molecule has 1 aliphatic heterocycles. The number of carbonyl (C=O) groups is 1. The Morgan fingerprint density at radius 1 is 1.26 bits per heavy atom. The van der Waals surface area contributed by atoms with Gasteiger partial charge in [0.25, 0.3) is 0 Å². The van der Waals surface area contributed by atoms with Crippen molar-refractivity contribution in [3.8, 4) is 5.75 Å². The van der Waals surface area contributed by atoms with Crippen molar-refractivity contribution in [1.29, 1.82) is 0 Å². The minimum atomic E-state index is 0.203. The van der Waals surface area contributed by atoms with Crippen molar-refractivity contribution in [2.75, 3.05) is 20.2 Å². The summed E-state index contributed by atoms with van der Waals surface area (Å²) in [6.45, 7) is 1.74. The highest BCUT2D eigenvalue weighted by molar-refractivity contribution is 7.15. The zero-order valence-corrected chi connectivity index (χ0v) is 16.5. The number of piperidine rings is 1. The summed E-state index contributed by atoms with van der Waals surface area (Å²) >= 11 is 1.60. The van der Waals surface area contributed by atoms with Crippen LogP contribution in [0.25, 0.3) is 4.96 Å². The van der Waals surface area contributed by atoms with Gasteiger partial charge in [-0.3, -0.25) is 9.20 Å². The Morgan fingerprint density at radius 2 is 2.04 bits per heavy atom. The van der Waals surface area contributed by atoms with Crippen molar-refractivity contribution in [2.45, 2.75) is 32.1 Å². The summed E-state index contributed by atoms with van der Waals surface area (Å²) in [4.78, 5) is 20.1. The Balaban J connectivity index is 1.23. The topological polar surface area (TPSA) is 46.8 Å². The lowest BCUT2D eigenvalue weighted by Crippen LogP contribution is -2.39. The first-order valence-electron chi connectivity index (χ1n) is 9.53. The normalized spacial score (nSPS) is 15.4. The molecule has 3 aromatic rings. The van der Waals surface area contributed by atoms with E-state index in [4.69, 9.17) is 4.74 Å². The summed E-state index contributed by atoms with van der Waals surface area (Å²) in [5.74, 6) is 1.81. The van der Waals surface area contributed by atoms with Crippen molar-refractivity contribution < 1.29 is 9.53 Å². The smallest absolute Gasteiger partial charge is 0.228 e. The molecule has 142 valence electrons. The molecule has 3 heterocycles. The number of likely N-dealkylation sites (tertiary alicyclic amines) is 1. The van der Waals surface area contributed by atoms with E-state index in [1.165, 1.54) is 12.0 Å². The lowest BCUT2D eigenvalue weighted by atomic mass is 9.90. The SMILES string of the molecule is COc1ccc(CCC2CCN(C(=O)Cc3cn4ccsc4n3)CC2)cc1. The van der Waals surface area contributed by atoms with Gasteiger partial charge in [-0.2, -0.15) is 0 Å². The minimum Gasteiger partial charge on any atom is -0.497 e. The minimum absolute atomic E-state index is 0.203. The molecule has 0 atom stereocenters. The number of carbonyl (C=O) groups excluding carboxylic acids is 1. The molecule has 1 saturated heterocycles. The van der Waals surface area contributed by atoms with E-state index in [0.29, 0.717) is 12.3 Å². The van der Waals surface area contributed by atoms with Crippen LogP contribution in [0.15, 0.2) is 42.0 Å². The lowest BCUT2D eigenvalue weighted by molar-refractivity contribution is -0.131. The molecule has 1 aliphatic rings. The fourth-order valence-electron chi connectivity index (χ4n) is 3.76. The van der Waals surface area contributed by atoms with Crippen LogP contribution < -0.4 is 4.74 Å². The Kier molecular flexibility index (Phi) is 5.43. The van der Waals surface area contributed by atoms with E-state index in [2.05, 4.69) is 17.1 Å². The van der Waals surface area contributed by atoms with Crippen LogP contribution in [0, 0.1) is 5.92 Å². The molecule has 0 aliphatic carbocycles. The van der Waals surface area contributed by atoms with Crippen LogP contribution in [0.3, 0.4) is 0 Å². The van der Waals surface area contributed by atoms with Gasteiger partial charge in [0.15, 0.2) is 4.96 Å². The second-order valence-corrected chi connectivity index (χ2v) is 8.09. The molecular weight excluding hydrogens is 358 g/mol. The quantitative estimate of drug-likeness (QED) is 0.650. The Hall–Kier alpha value is -2.34. The molecule has 0 saturated carbocycles. The van der Waals surface area contributed by atoms with Gasteiger partial charge < -0.3 is 9.64 Å². The molecular formula is C21H25N3O2S. The third-order valence-corrected chi connectivity index (χ3v) is 6.21. The molecule has 5 nitrogen and oxygen atoms in total.